The molecule has 21 heavy (non-hydrogen) atoms. The Balaban J connectivity index is 1.81. The van der Waals surface area contributed by atoms with Crippen molar-refractivity contribution in [2.24, 2.45) is 0 Å². The van der Waals surface area contributed by atoms with E-state index in [9.17, 15) is 14.0 Å². The number of carboxylic acid groups (broad SMARTS) is 1. The molecule has 1 heterocycles. The molecule has 0 bridgehead atoms. The van der Waals surface area contributed by atoms with Gasteiger partial charge in [-0.1, -0.05) is 12.1 Å². The average molecular weight is 308 g/mol. The molecule has 5 nitrogen and oxygen atoms in total. The standard InChI is InChI=1S/C14H13FN2O3S/c15-10-3-1-9(2-4-10)5-7-16-14(20)17-12-11(13(18)19)6-8-21-12/h1-4,6,8H,5,7H2,(H,18,19)(H2,16,17,20). The largest absolute Gasteiger partial charge is 0.478 e. The van der Waals surface area contributed by atoms with E-state index in [0.29, 0.717) is 18.0 Å². The summed E-state index contributed by atoms with van der Waals surface area (Å²) < 4.78 is 12.7. The highest BCUT2D eigenvalue weighted by molar-refractivity contribution is 7.14. The smallest absolute Gasteiger partial charge is 0.338 e. The molecule has 0 saturated heterocycles. The molecule has 2 amide bonds. The third-order valence-electron chi connectivity index (χ3n) is 2.74. The quantitative estimate of drug-likeness (QED) is 0.794. The van der Waals surface area contributed by atoms with Crippen molar-refractivity contribution in [1.29, 1.82) is 0 Å². The second-order valence-corrected chi connectivity index (χ2v) is 5.14. The fourth-order valence-corrected chi connectivity index (χ4v) is 2.47. The Morgan fingerprint density at radius 2 is 1.90 bits per heavy atom. The summed E-state index contributed by atoms with van der Waals surface area (Å²) in [4.78, 5) is 22.6. The van der Waals surface area contributed by atoms with E-state index in [1.54, 1.807) is 17.5 Å². The van der Waals surface area contributed by atoms with E-state index in [1.165, 1.54) is 18.2 Å². The van der Waals surface area contributed by atoms with Gasteiger partial charge in [-0.05, 0) is 35.6 Å². The Morgan fingerprint density at radius 1 is 1.19 bits per heavy atom. The number of hydrogen-bond acceptors (Lipinski definition) is 3. The molecule has 0 radical (unpaired) electrons. The third kappa shape index (κ3) is 4.28. The van der Waals surface area contributed by atoms with Crippen LogP contribution in [0, 0.1) is 5.82 Å². The van der Waals surface area contributed by atoms with Crippen molar-refractivity contribution >= 4 is 28.3 Å². The third-order valence-corrected chi connectivity index (χ3v) is 3.57. The summed E-state index contributed by atoms with van der Waals surface area (Å²) in [6.45, 7) is 0.366. The van der Waals surface area contributed by atoms with E-state index in [0.717, 1.165) is 16.9 Å². The summed E-state index contributed by atoms with van der Waals surface area (Å²) in [6, 6.07) is 6.98. The highest BCUT2D eigenvalue weighted by atomic mass is 32.1. The van der Waals surface area contributed by atoms with E-state index in [4.69, 9.17) is 5.11 Å². The van der Waals surface area contributed by atoms with Crippen molar-refractivity contribution in [3.05, 3.63) is 52.7 Å². The number of hydrogen-bond donors (Lipinski definition) is 3. The molecular weight excluding hydrogens is 295 g/mol. The molecule has 2 rings (SSSR count). The molecule has 1 aromatic heterocycles. The maximum Gasteiger partial charge on any atom is 0.338 e. The van der Waals surface area contributed by atoms with Gasteiger partial charge in [0.2, 0.25) is 0 Å². The van der Waals surface area contributed by atoms with Crippen molar-refractivity contribution in [3.8, 4) is 0 Å². The lowest BCUT2D eigenvalue weighted by molar-refractivity contribution is 0.0698. The predicted molar refractivity (Wildman–Crippen MR) is 78.4 cm³/mol. The normalized spacial score (nSPS) is 10.1. The van der Waals surface area contributed by atoms with Crippen molar-refractivity contribution < 1.29 is 19.1 Å². The van der Waals surface area contributed by atoms with Crippen LogP contribution in [0.5, 0.6) is 0 Å². The van der Waals surface area contributed by atoms with Crippen LogP contribution in [0.4, 0.5) is 14.2 Å². The molecule has 0 saturated carbocycles. The Hall–Kier alpha value is -2.41. The Bertz CT molecular complexity index is 640. The van der Waals surface area contributed by atoms with Crippen LogP contribution in [0.2, 0.25) is 0 Å². The Kier molecular flexibility index (Phi) is 4.89. The minimum Gasteiger partial charge on any atom is -0.478 e. The zero-order chi connectivity index (χ0) is 15.2. The molecule has 3 N–H and O–H groups in total. The molecule has 0 atom stereocenters. The number of thiophene rings is 1. The summed E-state index contributed by atoms with van der Waals surface area (Å²) >= 11 is 1.14. The van der Waals surface area contributed by atoms with Gasteiger partial charge in [-0.25, -0.2) is 14.0 Å². The lowest BCUT2D eigenvalue weighted by Crippen LogP contribution is -2.30. The van der Waals surface area contributed by atoms with E-state index in [1.807, 2.05) is 0 Å². The van der Waals surface area contributed by atoms with Crippen LogP contribution in [0.15, 0.2) is 35.7 Å². The van der Waals surface area contributed by atoms with Gasteiger partial charge in [-0.3, -0.25) is 5.32 Å². The van der Waals surface area contributed by atoms with Crippen LogP contribution in [-0.4, -0.2) is 23.7 Å². The van der Waals surface area contributed by atoms with Gasteiger partial charge in [0, 0.05) is 6.54 Å². The number of carboxylic acids is 1. The van der Waals surface area contributed by atoms with Crippen molar-refractivity contribution in [1.82, 2.24) is 5.32 Å². The molecular formula is C14H13FN2O3S. The summed E-state index contributed by atoms with van der Waals surface area (Å²) in [5, 5.41) is 15.9. The number of carbonyl (C=O) groups is 2. The highest BCUT2D eigenvalue weighted by Crippen LogP contribution is 2.22. The van der Waals surface area contributed by atoms with E-state index >= 15 is 0 Å². The number of rotatable bonds is 5. The second kappa shape index (κ2) is 6.85. The van der Waals surface area contributed by atoms with Crippen molar-refractivity contribution in [2.75, 3.05) is 11.9 Å². The van der Waals surface area contributed by atoms with Gasteiger partial charge in [0.25, 0.3) is 0 Å². The number of amides is 2. The van der Waals surface area contributed by atoms with E-state index < -0.39 is 12.0 Å². The molecule has 1 aromatic carbocycles. The fraction of sp³-hybridized carbons (Fsp3) is 0.143. The summed E-state index contributed by atoms with van der Waals surface area (Å²) in [5.41, 5.74) is 0.965. The Labute approximate surface area is 124 Å². The number of urea groups is 1. The minimum absolute atomic E-state index is 0.0636. The fourth-order valence-electron chi connectivity index (χ4n) is 1.69. The molecule has 110 valence electrons. The SMILES string of the molecule is O=C(NCCc1ccc(F)cc1)Nc1sccc1C(=O)O. The van der Waals surface area contributed by atoms with Gasteiger partial charge >= 0.3 is 12.0 Å². The molecule has 0 fully saturated rings. The number of benzene rings is 1. The first-order valence-electron chi connectivity index (χ1n) is 6.16. The minimum atomic E-state index is -1.09. The van der Waals surface area contributed by atoms with Gasteiger partial charge < -0.3 is 10.4 Å². The zero-order valence-electron chi connectivity index (χ0n) is 10.9. The monoisotopic (exact) mass is 308 g/mol. The van der Waals surface area contributed by atoms with Gasteiger partial charge in [0.1, 0.15) is 10.8 Å². The van der Waals surface area contributed by atoms with E-state index in [2.05, 4.69) is 10.6 Å². The number of nitrogens with one attached hydrogen (secondary N) is 2. The first kappa shape index (κ1) is 15.0. The molecule has 0 aliphatic carbocycles. The van der Waals surface area contributed by atoms with Crippen LogP contribution in [0.3, 0.4) is 0 Å². The molecule has 2 aromatic rings. The van der Waals surface area contributed by atoms with Crippen LogP contribution < -0.4 is 10.6 Å². The maximum absolute atomic E-state index is 12.7. The number of halogens is 1. The second-order valence-electron chi connectivity index (χ2n) is 4.23. The molecule has 7 heteroatoms. The van der Waals surface area contributed by atoms with Gasteiger partial charge in [0.05, 0.1) is 5.56 Å². The van der Waals surface area contributed by atoms with Crippen LogP contribution in [0.25, 0.3) is 0 Å². The van der Waals surface area contributed by atoms with Gasteiger partial charge in [0.15, 0.2) is 0 Å². The van der Waals surface area contributed by atoms with Crippen LogP contribution in [-0.2, 0) is 6.42 Å². The van der Waals surface area contributed by atoms with Crippen molar-refractivity contribution in [2.45, 2.75) is 6.42 Å². The average Bonchev–Trinajstić information content (AvgIpc) is 2.89. The summed E-state index contributed by atoms with van der Waals surface area (Å²) in [7, 11) is 0. The summed E-state index contributed by atoms with van der Waals surface area (Å²) in [6.07, 6.45) is 0.559. The first-order valence-corrected chi connectivity index (χ1v) is 7.04. The highest BCUT2D eigenvalue weighted by Gasteiger charge is 2.13. The molecule has 0 aliphatic rings. The van der Waals surface area contributed by atoms with Crippen molar-refractivity contribution in [3.63, 3.8) is 0 Å². The maximum atomic E-state index is 12.7. The molecule has 0 spiro atoms. The van der Waals surface area contributed by atoms with Gasteiger partial charge in [-0.15, -0.1) is 11.3 Å². The van der Waals surface area contributed by atoms with Gasteiger partial charge in [-0.2, -0.15) is 0 Å². The lowest BCUT2D eigenvalue weighted by Gasteiger charge is -2.07. The predicted octanol–water partition coefficient (Wildman–Crippen LogP) is 2.95. The first-order chi connectivity index (χ1) is 10.1. The molecule has 0 unspecified atom stereocenters. The number of carbonyl (C=O) groups excluding carboxylic acids is 1. The van der Waals surface area contributed by atoms with Crippen LogP contribution >= 0.6 is 11.3 Å². The topological polar surface area (TPSA) is 78.4 Å². The number of anilines is 1. The number of aromatic carboxylic acids is 1. The van der Waals surface area contributed by atoms with Crippen LogP contribution in [0.1, 0.15) is 15.9 Å². The molecule has 0 aliphatic heterocycles. The zero-order valence-corrected chi connectivity index (χ0v) is 11.7. The van der Waals surface area contributed by atoms with E-state index in [-0.39, 0.29) is 11.4 Å². The summed E-state index contributed by atoms with van der Waals surface area (Å²) in [5.74, 6) is -1.39. The Morgan fingerprint density at radius 3 is 2.57 bits per heavy atom. The lowest BCUT2D eigenvalue weighted by atomic mass is 10.1.